The van der Waals surface area contributed by atoms with Crippen LogP contribution in [0.3, 0.4) is 0 Å². The van der Waals surface area contributed by atoms with Crippen LogP contribution in [0.2, 0.25) is 5.15 Å². The van der Waals surface area contributed by atoms with Crippen LogP contribution in [0.15, 0.2) is 78.0 Å². The van der Waals surface area contributed by atoms with Crippen molar-refractivity contribution in [3.05, 3.63) is 101 Å². The van der Waals surface area contributed by atoms with Crippen molar-refractivity contribution in [2.75, 3.05) is 18.0 Å². The number of unbranched alkanes of at least 4 members (excludes halogenated alkanes) is 1. The molecular weight excluding hydrogens is 622 g/mol. The monoisotopic (exact) mass is 657 g/mol. The summed E-state index contributed by atoms with van der Waals surface area (Å²) >= 11 is 5.81. The number of nitrogens with one attached hydrogen (secondary N) is 2. The van der Waals surface area contributed by atoms with Gasteiger partial charge in [-0.3, -0.25) is 24.9 Å². The van der Waals surface area contributed by atoms with Crippen molar-refractivity contribution >= 4 is 47.0 Å². The van der Waals surface area contributed by atoms with Crippen molar-refractivity contribution in [3.8, 4) is 11.1 Å². The van der Waals surface area contributed by atoms with E-state index in [0.717, 1.165) is 41.5 Å². The number of aromatic nitrogens is 3. The number of carbonyl (C=O) groups is 3. The fourth-order valence-electron chi connectivity index (χ4n) is 4.67. The Morgan fingerprint density at radius 1 is 0.830 bits per heavy atom. The molecule has 0 fully saturated rings. The highest BCUT2D eigenvalue weighted by Gasteiger charge is 2.20. The summed E-state index contributed by atoms with van der Waals surface area (Å²) < 4.78 is 0. The first-order valence-corrected chi connectivity index (χ1v) is 15.3. The maximum Gasteiger partial charge on any atom is 0.326 e. The van der Waals surface area contributed by atoms with Gasteiger partial charge in [-0.15, -0.1) is 0 Å². The zero-order chi connectivity index (χ0) is 33.8. The zero-order valence-electron chi connectivity index (χ0n) is 25.5. The fraction of sp³-hybridized carbons (Fsp3) is 0.242. The smallest absolute Gasteiger partial charge is 0.326 e. The van der Waals surface area contributed by atoms with E-state index >= 15 is 0 Å². The van der Waals surface area contributed by atoms with Gasteiger partial charge in [0.1, 0.15) is 6.04 Å². The van der Waals surface area contributed by atoms with E-state index in [1.165, 1.54) is 5.56 Å². The van der Waals surface area contributed by atoms with Crippen LogP contribution in [-0.2, 0) is 28.9 Å². The van der Waals surface area contributed by atoms with Gasteiger partial charge in [0, 0.05) is 31.8 Å². The summed E-state index contributed by atoms with van der Waals surface area (Å²) in [6.45, 7) is 0.424. The molecule has 0 unspecified atom stereocenters. The summed E-state index contributed by atoms with van der Waals surface area (Å²) in [5.74, 6) is -2.37. The molecule has 2 aromatic heterocycles. The third-order valence-electron chi connectivity index (χ3n) is 7.22. The van der Waals surface area contributed by atoms with Crippen LogP contribution in [0, 0.1) is 0 Å². The summed E-state index contributed by atoms with van der Waals surface area (Å²) in [5.41, 5.74) is 21.9. The number of carboxylic acid groups (broad SMARTS) is 1. The Hall–Kier alpha value is -5.56. The number of aliphatic carboxylic acids is 1. The van der Waals surface area contributed by atoms with Crippen molar-refractivity contribution < 1.29 is 19.5 Å². The van der Waals surface area contributed by atoms with Gasteiger partial charge in [0.15, 0.2) is 28.4 Å². The van der Waals surface area contributed by atoms with Crippen LogP contribution >= 0.6 is 11.6 Å². The largest absolute Gasteiger partial charge is 0.480 e. The number of aryl methyl sites for hydroxylation is 2. The molecule has 0 saturated heterocycles. The zero-order valence-corrected chi connectivity index (χ0v) is 26.3. The Morgan fingerprint density at radius 3 is 2.06 bits per heavy atom. The van der Waals surface area contributed by atoms with E-state index in [9.17, 15) is 19.5 Å². The topological polar surface area (TPSA) is 225 Å². The summed E-state index contributed by atoms with van der Waals surface area (Å²) in [5, 5.41) is 14.4. The maximum absolute atomic E-state index is 12.5. The van der Waals surface area contributed by atoms with E-state index in [-0.39, 0.29) is 47.2 Å². The minimum Gasteiger partial charge on any atom is -0.480 e. The molecule has 0 radical (unpaired) electrons. The van der Waals surface area contributed by atoms with Gasteiger partial charge < -0.3 is 27.6 Å². The lowest BCUT2D eigenvalue weighted by atomic mass is 9.99. The molecule has 0 spiro atoms. The SMILES string of the molecule is NC(=NCCCCc1ccc(-c2ccc(CCC(=O)N[C@@H](Cc3ccncc3)C(=O)O)cc2)cc1)NC(=O)c1nc(Cl)c(N)nc1N. The van der Waals surface area contributed by atoms with Gasteiger partial charge in [-0.05, 0) is 65.6 Å². The molecule has 13 nitrogen and oxygen atoms in total. The number of hydrogen-bond acceptors (Lipinski definition) is 9. The number of hydrogen-bond donors (Lipinski definition) is 6. The molecule has 0 saturated carbocycles. The second-order valence-corrected chi connectivity index (χ2v) is 11.1. The number of aliphatic imine (C=N–C) groups is 1. The van der Waals surface area contributed by atoms with E-state index in [1.807, 2.05) is 24.3 Å². The molecule has 4 aromatic rings. The molecule has 2 heterocycles. The fourth-order valence-corrected chi connectivity index (χ4v) is 4.80. The lowest BCUT2D eigenvalue weighted by Gasteiger charge is -2.14. The summed E-state index contributed by atoms with van der Waals surface area (Å²) in [7, 11) is 0. The molecule has 4 rings (SSSR count). The van der Waals surface area contributed by atoms with Crippen molar-refractivity contribution in [1.82, 2.24) is 25.6 Å². The molecule has 0 bridgehead atoms. The Bertz CT molecular complexity index is 1720. The Balaban J connectivity index is 1.18. The number of nitrogen functional groups attached to an aromatic ring is 2. The van der Waals surface area contributed by atoms with Crippen LogP contribution in [-0.4, -0.2) is 56.4 Å². The van der Waals surface area contributed by atoms with Crippen molar-refractivity contribution in [2.45, 2.75) is 44.6 Å². The highest BCUT2D eigenvalue weighted by molar-refractivity contribution is 6.31. The van der Waals surface area contributed by atoms with Crippen LogP contribution in [0.5, 0.6) is 0 Å². The number of rotatable bonds is 14. The number of carboxylic acids is 1. The molecular formula is C33H36ClN9O4. The van der Waals surface area contributed by atoms with Crippen LogP contribution < -0.4 is 27.8 Å². The number of benzene rings is 2. The first-order valence-electron chi connectivity index (χ1n) is 14.9. The van der Waals surface area contributed by atoms with E-state index in [2.05, 4.69) is 54.8 Å². The van der Waals surface area contributed by atoms with E-state index in [0.29, 0.717) is 13.0 Å². The van der Waals surface area contributed by atoms with Gasteiger partial charge in [0.2, 0.25) is 5.91 Å². The third kappa shape index (κ3) is 10.5. The predicted octanol–water partition coefficient (Wildman–Crippen LogP) is 3.17. The summed E-state index contributed by atoms with van der Waals surface area (Å²) in [6.07, 6.45) is 6.54. The molecule has 2 aromatic carbocycles. The number of carbonyl (C=O) groups excluding carboxylic acids is 2. The lowest BCUT2D eigenvalue weighted by molar-refractivity contribution is -0.141. The van der Waals surface area contributed by atoms with Crippen LogP contribution in [0.4, 0.5) is 11.6 Å². The minimum absolute atomic E-state index is 0.0634. The average Bonchev–Trinajstić information content (AvgIpc) is 3.06. The van der Waals surface area contributed by atoms with Gasteiger partial charge in [-0.2, -0.15) is 0 Å². The molecule has 244 valence electrons. The van der Waals surface area contributed by atoms with Crippen LogP contribution in [0.25, 0.3) is 11.1 Å². The number of anilines is 2. The molecule has 2 amide bonds. The molecule has 9 N–H and O–H groups in total. The van der Waals surface area contributed by atoms with Crippen molar-refractivity contribution in [2.24, 2.45) is 10.7 Å². The molecule has 47 heavy (non-hydrogen) atoms. The number of halogens is 1. The van der Waals surface area contributed by atoms with E-state index in [1.54, 1.807) is 24.5 Å². The van der Waals surface area contributed by atoms with Gasteiger partial charge in [-0.1, -0.05) is 60.1 Å². The highest BCUT2D eigenvalue weighted by atomic mass is 35.5. The molecule has 0 aliphatic carbocycles. The number of amides is 2. The Labute approximate surface area is 276 Å². The number of nitrogens with zero attached hydrogens (tertiary/aromatic N) is 4. The molecule has 0 aliphatic heterocycles. The Kier molecular flexibility index (Phi) is 12.2. The Morgan fingerprint density at radius 2 is 1.45 bits per heavy atom. The third-order valence-corrected chi connectivity index (χ3v) is 7.50. The second kappa shape index (κ2) is 16.7. The van der Waals surface area contributed by atoms with Gasteiger partial charge >= 0.3 is 5.97 Å². The first kappa shape index (κ1) is 34.3. The normalized spacial score (nSPS) is 11.9. The number of guanidine groups is 1. The number of nitrogens with two attached hydrogens (primary N) is 3. The summed E-state index contributed by atoms with van der Waals surface area (Å²) in [4.78, 5) is 52.1. The second-order valence-electron chi connectivity index (χ2n) is 10.7. The molecule has 14 heteroatoms. The molecule has 0 aliphatic rings. The first-order chi connectivity index (χ1) is 22.6. The van der Waals surface area contributed by atoms with Crippen molar-refractivity contribution in [3.63, 3.8) is 0 Å². The van der Waals surface area contributed by atoms with Crippen molar-refractivity contribution in [1.29, 1.82) is 0 Å². The van der Waals surface area contributed by atoms with Gasteiger partial charge in [-0.25, -0.2) is 14.8 Å². The highest BCUT2D eigenvalue weighted by Crippen LogP contribution is 2.22. The van der Waals surface area contributed by atoms with Crippen LogP contribution in [0.1, 0.15) is 46.4 Å². The van der Waals surface area contributed by atoms with Gasteiger partial charge in [0.25, 0.3) is 5.91 Å². The maximum atomic E-state index is 12.5. The average molecular weight is 658 g/mol. The van der Waals surface area contributed by atoms with E-state index in [4.69, 9.17) is 28.8 Å². The standard InChI is InChI=1S/C33H36ClN9O4/c34-28-30(36)42-29(35)27(41-28)31(45)43-33(37)39-16-2-1-3-20-4-9-23(10-5-20)24-11-6-21(7-12-24)8-13-26(44)40-25(32(46)47)19-22-14-17-38-18-15-22/h4-7,9-12,14-15,17-18,25H,1-3,8,13,16,19H2,(H,40,44)(H,46,47)(H4,35,36,42)(H3,37,39,43,45)/t25-/m0/s1. The molecule has 1 atom stereocenters. The quantitative estimate of drug-likeness (QED) is 0.0659. The summed E-state index contributed by atoms with van der Waals surface area (Å²) in [6, 6.07) is 18.7. The predicted molar refractivity (Wildman–Crippen MR) is 180 cm³/mol. The van der Waals surface area contributed by atoms with E-state index < -0.39 is 17.9 Å². The van der Waals surface area contributed by atoms with Gasteiger partial charge in [0.05, 0.1) is 0 Å². The lowest BCUT2D eigenvalue weighted by Crippen LogP contribution is -2.42. The number of pyridine rings is 1. The minimum atomic E-state index is -1.08.